The molecule has 0 aromatic carbocycles. The van der Waals surface area contributed by atoms with Crippen LogP contribution in [0.2, 0.25) is 0 Å². The van der Waals surface area contributed by atoms with Crippen LogP contribution >= 0.6 is 0 Å². The molecule has 2 atom stereocenters. The van der Waals surface area contributed by atoms with Crippen molar-refractivity contribution in [2.24, 2.45) is 5.92 Å². The van der Waals surface area contributed by atoms with Crippen LogP contribution in [0, 0.1) is 5.92 Å². The molecule has 0 amide bonds. The summed E-state index contributed by atoms with van der Waals surface area (Å²) in [5.74, 6) is 0.868. The van der Waals surface area contributed by atoms with Crippen LogP contribution in [0.15, 0.2) is 23.3 Å². The van der Waals surface area contributed by atoms with E-state index in [4.69, 9.17) is 4.74 Å². The summed E-state index contributed by atoms with van der Waals surface area (Å²) in [6.45, 7) is 0.982. The van der Waals surface area contributed by atoms with Crippen molar-refractivity contribution >= 4 is 0 Å². The summed E-state index contributed by atoms with van der Waals surface area (Å²) in [5.41, 5.74) is 3.29. The van der Waals surface area contributed by atoms with Crippen molar-refractivity contribution in [2.45, 2.75) is 44.6 Å². The van der Waals surface area contributed by atoms with Gasteiger partial charge < -0.3 is 4.74 Å². The van der Waals surface area contributed by atoms with E-state index in [0.29, 0.717) is 6.10 Å². The average Bonchev–Trinajstić information content (AvgIpc) is 2.29. The van der Waals surface area contributed by atoms with Gasteiger partial charge in [0.05, 0.1) is 6.10 Å². The molecule has 1 heteroatoms. The molecule has 0 aromatic heterocycles. The number of hydrogen-bond donors (Lipinski definition) is 0. The van der Waals surface area contributed by atoms with E-state index in [1.54, 1.807) is 11.1 Å². The smallest absolute Gasteiger partial charge is 0.0791 e. The SMILES string of the molecule is C1=CC2=C3CCCOC3CCC2CC1. The second-order valence-corrected chi connectivity index (χ2v) is 4.70. The Morgan fingerprint density at radius 1 is 1.21 bits per heavy atom. The lowest BCUT2D eigenvalue weighted by atomic mass is 9.74. The first-order chi connectivity index (χ1) is 6.95. The molecule has 1 heterocycles. The van der Waals surface area contributed by atoms with E-state index in [2.05, 4.69) is 12.2 Å². The number of ether oxygens (including phenoxy) is 1. The molecule has 14 heavy (non-hydrogen) atoms. The Balaban J connectivity index is 1.98. The van der Waals surface area contributed by atoms with Crippen LogP contribution in [0.3, 0.4) is 0 Å². The van der Waals surface area contributed by atoms with Crippen molar-refractivity contribution in [1.29, 1.82) is 0 Å². The lowest BCUT2D eigenvalue weighted by Crippen LogP contribution is -2.30. The highest BCUT2D eigenvalue weighted by molar-refractivity contribution is 5.35. The van der Waals surface area contributed by atoms with Crippen LogP contribution < -0.4 is 0 Å². The monoisotopic (exact) mass is 190 g/mol. The summed E-state index contributed by atoms with van der Waals surface area (Å²) in [4.78, 5) is 0. The highest BCUT2D eigenvalue weighted by Crippen LogP contribution is 2.41. The molecule has 3 rings (SSSR count). The molecule has 1 saturated heterocycles. The van der Waals surface area contributed by atoms with Crippen molar-refractivity contribution in [2.75, 3.05) is 6.61 Å². The van der Waals surface area contributed by atoms with E-state index in [1.165, 1.54) is 38.5 Å². The third-order valence-corrected chi connectivity index (χ3v) is 3.87. The Labute approximate surface area is 85.8 Å². The number of rotatable bonds is 0. The number of hydrogen-bond acceptors (Lipinski definition) is 1. The summed E-state index contributed by atoms with van der Waals surface area (Å²) in [5, 5.41) is 0. The minimum absolute atomic E-state index is 0.484. The Morgan fingerprint density at radius 2 is 2.21 bits per heavy atom. The standard InChI is InChI=1S/C13H18O/c1-2-5-11-10(4-1)7-8-13-12(11)6-3-9-14-13/h2,5,10,13H,1,3-4,6-9H2. The van der Waals surface area contributed by atoms with E-state index in [0.717, 1.165) is 12.5 Å². The third kappa shape index (κ3) is 1.35. The molecule has 76 valence electrons. The number of fused-ring (bicyclic) bond motifs is 2. The van der Waals surface area contributed by atoms with E-state index in [1.807, 2.05) is 0 Å². The van der Waals surface area contributed by atoms with Crippen LogP contribution in [0.5, 0.6) is 0 Å². The van der Waals surface area contributed by atoms with Crippen molar-refractivity contribution in [3.05, 3.63) is 23.3 Å². The molecule has 2 aliphatic carbocycles. The minimum Gasteiger partial charge on any atom is -0.374 e. The van der Waals surface area contributed by atoms with Gasteiger partial charge in [-0.3, -0.25) is 0 Å². The molecule has 0 saturated carbocycles. The van der Waals surface area contributed by atoms with Gasteiger partial charge in [-0.2, -0.15) is 0 Å². The molecule has 1 fully saturated rings. The first-order valence-electron chi connectivity index (χ1n) is 5.96. The van der Waals surface area contributed by atoms with Crippen LogP contribution in [-0.4, -0.2) is 12.7 Å². The van der Waals surface area contributed by atoms with Gasteiger partial charge >= 0.3 is 0 Å². The molecule has 2 unspecified atom stereocenters. The molecular formula is C13H18O. The third-order valence-electron chi connectivity index (χ3n) is 3.87. The van der Waals surface area contributed by atoms with Gasteiger partial charge in [0.15, 0.2) is 0 Å². The maximum absolute atomic E-state index is 5.84. The average molecular weight is 190 g/mol. The fraction of sp³-hybridized carbons (Fsp3) is 0.692. The normalized spacial score (nSPS) is 36.6. The molecule has 1 aliphatic heterocycles. The molecule has 3 aliphatic rings. The maximum Gasteiger partial charge on any atom is 0.0791 e. The summed E-state index contributed by atoms with van der Waals surface area (Å²) in [6.07, 6.45) is 13.0. The zero-order valence-electron chi connectivity index (χ0n) is 8.67. The van der Waals surface area contributed by atoms with Crippen LogP contribution in [0.1, 0.15) is 38.5 Å². The van der Waals surface area contributed by atoms with E-state index in [9.17, 15) is 0 Å². The van der Waals surface area contributed by atoms with Gasteiger partial charge in [-0.1, -0.05) is 12.2 Å². The molecule has 0 N–H and O–H groups in total. The fourth-order valence-electron chi connectivity index (χ4n) is 3.16. The quantitative estimate of drug-likeness (QED) is 0.570. The van der Waals surface area contributed by atoms with Crippen LogP contribution in [0.25, 0.3) is 0 Å². The maximum atomic E-state index is 5.84. The topological polar surface area (TPSA) is 9.23 Å². The van der Waals surface area contributed by atoms with Crippen LogP contribution in [0.4, 0.5) is 0 Å². The van der Waals surface area contributed by atoms with Crippen molar-refractivity contribution in [1.82, 2.24) is 0 Å². The lowest BCUT2D eigenvalue weighted by Gasteiger charge is -2.37. The second-order valence-electron chi connectivity index (χ2n) is 4.70. The van der Waals surface area contributed by atoms with Gasteiger partial charge in [-0.15, -0.1) is 0 Å². The predicted octanol–water partition coefficient (Wildman–Crippen LogP) is 3.22. The summed E-state index contributed by atoms with van der Waals surface area (Å²) in [7, 11) is 0. The van der Waals surface area contributed by atoms with Gasteiger partial charge in [-0.25, -0.2) is 0 Å². The first-order valence-corrected chi connectivity index (χ1v) is 5.96. The fourth-order valence-corrected chi connectivity index (χ4v) is 3.16. The molecule has 0 radical (unpaired) electrons. The van der Waals surface area contributed by atoms with Crippen molar-refractivity contribution in [3.8, 4) is 0 Å². The molecule has 0 spiro atoms. The highest BCUT2D eigenvalue weighted by Gasteiger charge is 2.31. The minimum atomic E-state index is 0.484. The van der Waals surface area contributed by atoms with E-state index in [-0.39, 0.29) is 0 Å². The summed E-state index contributed by atoms with van der Waals surface area (Å²) < 4.78 is 5.84. The number of allylic oxidation sites excluding steroid dienone is 3. The van der Waals surface area contributed by atoms with Crippen LogP contribution in [-0.2, 0) is 4.74 Å². The Hall–Kier alpha value is -0.560. The van der Waals surface area contributed by atoms with Gasteiger partial charge in [0.1, 0.15) is 0 Å². The highest BCUT2D eigenvalue weighted by atomic mass is 16.5. The zero-order chi connectivity index (χ0) is 9.38. The molecule has 1 nitrogen and oxygen atoms in total. The van der Waals surface area contributed by atoms with E-state index < -0.39 is 0 Å². The Morgan fingerprint density at radius 3 is 3.21 bits per heavy atom. The largest absolute Gasteiger partial charge is 0.374 e. The Kier molecular flexibility index (Phi) is 2.21. The molecular weight excluding hydrogens is 172 g/mol. The summed E-state index contributed by atoms with van der Waals surface area (Å²) >= 11 is 0. The second kappa shape index (κ2) is 3.54. The zero-order valence-corrected chi connectivity index (χ0v) is 8.67. The van der Waals surface area contributed by atoms with Crippen molar-refractivity contribution in [3.63, 3.8) is 0 Å². The Bertz CT molecular complexity index is 288. The first kappa shape index (κ1) is 8.72. The van der Waals surface area contributed by atoms with Gasteiger partial charge in [0.2, 0.25) is 0 Å². The van der Waals surface area contributed by atoms with E-state index >= 15 is 0 Å². The molecule has 0 bridgehead atoms. The predicted molar refractivity (Wildman–Crippen MR) is 57.1 cm³/mol. The lowest BCUT2D eigenvalue weighted by molar-refractivity contribution is 0.0368. The van der Waals surface area contributed by atoms with Crippen molar-refractivity contribution < 1.29 is 4.74 Å². The van der Waals surface area contributed by atoms with Gasteiger partial charge in [0.25, 0.3) is 0 Å². The van der Waals surface area contributed by atoms with Gasteiger partial charge in [0, 0.05) is 6.61 Å². The summed E-state index contributed by atoms with van der Waals surface area (Å²) in [6, 6.07) is 0. The molecule has 0 aromatic rings. The van der Waals surface area contributed by atoms with Gasteiger partial charge in [-0.05, 0) is 55.6 Å².